The number of aryl methyl sites for hydroxylation is 1. The highest BCUT2D eigenvalue weighted by Gasteiger charge is 2.08. The minimum absolute atomic E-state index is 0.303. The van der Waals surface area contributed by atoms with E-state index in [-0.39, 0.29) is 0 Å². The fourth-order valence-electron chi connectivity index (χ4n) is 1.47. The number of nitrogens with zero attached hydrogens (tertiary/aromatic N) is 1. The van der Waals surface area contributed by atoms with Crippen molar-refractivity contribution in [1.82, 2.24) is 10.3 Å². The highest BCUT2D eigenvalue weighted by atomic mass is 14.9. The van der Waals surface area contributed by atoms with Gasteiger partial charge in [0.15, 0.2) is 0 Å². The Labute approximate surface area is 86.1 Å². The van der Waals surface area contributed by atoms with E-state index in [0.717, 1.165) is 18.7 Å². The Morgan fingerprint density at radius 1 is 1.64 bits per heavy atom. The summed E-state index contributed by atoms with van der Waals surface area (Å²) in [7, 11) is 0. The Morgan fingerprint density at radius 3 is 3.00 bits per heavy atom. The number of nitrogens with one attached hydrogen (secondary N) is 1. The van der Waals surface area contributed by atoms with Gasteiger partial charge in [0.25, 0.3) is 0 Å². The third kappa shape index (κ3) is 2.96. The zero-order valence-electron chi connectivity index (χ0n) is 8.96. The molecular weight excluding hydrogens is 172 g/mol. The van der Waals surface area contributed by atoms with Gasteiger partial charge in [0, 0.05) is 6.20 Å². The summed E-state index contributed by atoms with van der Waals surface area (Å²) in [5.74, 6) is 0. The molecule has 0 bridgehead atoms. The molecule has 1 rings (SSSR count). The SMILES string of the molecule is C=CCC(NCC)c1cc(C)ccn1. The second kappa shape index (κ2) is 5.55. The van der Waals surface area contributed by atoms with Gasteiger partial charge in [0.05, 0.1) is 11.7 Å². The molecule has 0 aliphatic carbocycles. The topological polar surface area (TPSA) is 24.9 Å². The van der Waals surface area contributed by atoms with Gasteiger partial charge in [-0.05, 0) is 37.6 Å². The molecule has 0 fully saturated rings. The zero-order valence-corrected chi connectivity index (χ0v) is 8.96. The Bertz CT molecular complexity index is 294. The second-order valence-corrected chi connectivity index (χ2v) is 3.39. The van der Waals surface area contributed by atoms with Crippen molar-refractivity contribution in [3.05, 3.63) is 42.2 Å². The number of pyridine rings is 1. The Hall–Kier alpha value is -1.15. The lowest BCUT2D eigenvalue weighted by Gasteiger charge is -2.15. The van der Waals surface area contributed by atoms with E-state index in [1.165, 1.54) is 5.56 Å². The zero-order chi connectivity index (χ0) is 10.4. The predicted octanol–water partition coefficient (Wildman–Crippen LogP) is 2.62. The van der Waals surface area contributed by atoms with Crippen LogP contribution in [-0.2, 0) is 0 Å². The van der Waals surface area contributed by atoms with E-state index in [9.17, 15) is 0 Å². The van der Waals surface area contributed by atoms with Crippen LogP contribution in [0.5, 0.6) is 0 Å². The van der Waals surface area contributed by atoms with E-state index in [4.69, 9.17) is 0 Å². The lowest BCUT2D eigenvalue weighted by Crippen LogP contribution is -2.21. The van der Waals surface area contributed by atoms with Crippen LogP contribution in [0.15, 0.2) is 31.0 Å². The van der Waals surface area contributed by atoms with Crippen LogP contribution in [0, 0.1) is 6.92 Å². The number of aromatic nitrogens is 1. The molecule has 2 nitrogen and oxygen atoms in total. The van der Waals surface area contributed by atoms with E-state index in [2.05, 4.69) is 36.8 Å². The van der Waals surface area contributed by atoms with Gasteiger partial charge in [-0.1, -0.05) is 13.0 Å². The van der Waals surface area contributed by atoms with Crippen molar-refractivity contribution in [2.24, 2.45) is 0 Å². The fraction of sp³-hybridized carbons (Fsp3) is 0.417. The van der Waals surface area contributed by atoms with Crippen LogP contribution in [-0.4, -0.2) is 11.5 Å². The Kier molecular flexibility index (Phi) is 4.33. The molecule has 0 aromatic carbocycles. The van der Waals surface area contributed by atoms with E-state index >= 15 is 0 Å². The largest absolute Gasteiger partial charge is 0.309 e. The first-order valence-corrected chi connectivity index (χ1v) is 5.04. The summed E-state index contributed by atoms with van der Waals surface area (Å²) in [6.07, 6.45) is 4.71. The maximum absolute atomic E-state index is 4.37. The molecule has 1 aromatic rings. The summed E-state index contributed by atoms with van der Waals surface area (Å²) >= 11 is 0. The molecule has 0 aliphatic heterocycles. The second-order valence-electron chi connectivity index (χ2n) is 3.39. The van der Waals surface area contributed by atoms with Gasteiger partial charge in [-0.2, -0.15) is 0 Å². The normalized spacial score (nSPS) is 12.4. The molecule has 1 unspecified atom stereocenters. The highest BCUT2D eigenvalue weighted by molar-refractivity contribution is 5.17. The molecule has 0 amide bonds. The average Bonchev–Trinajstić information content (AvgIpc) is 2.17. The van der Waals surface area contributed by atoms with E-state index in [0.29, 0.717) is 6.04 Å². The lowest BCUT2D eigenvalue weighted by molar-refractivity contribution is 0.545. The first kappa shape index (κ1) is 10.9. The van der Waals surface area contributed by atoms with Gasteiger partial charge in [0.2, 0.25) is 0 Å². The molecule has 0 saturated carbocycles. The summed E-state index contributed by atoms with van der Waals surface area (Å²) in [6, 6.07) is 4.44. The van der Waals surface area contributed by atoms with Crippen LogP contribution >= 0.6 is 0 Å². The number of rotatable bonds is 5. The molecule has 2 heteroatoms. The van der Waals surface area contributed by atoms with Crippen LogP contribution in [0.4, 0.5) is 0 Å². The Morgan fingerprint density at radius 2 is 2.43 bits per heavy atom. The first-order valence-electron chi connectivity index (χ1n) is 5.04. The van der Waals surface area contributed by atoms with Gasteiger partial charge < -0.3 is 5.32 Å². The van der Waals surface area contributed by atoms with Crippen molar-refractivity contribution in [1.29, 1.82) is 0 Å². The summed E-state index contributed by atoms with van der Waals surface area (Å²) in [5.41, 5.74) is 2.36. The molecule has 1 heterocycles. The van der Waals surface area contributed by atoms with Crippen molar-refractivity contribution in [3.63, 3.8) is 0 Å². The molecule has 1 atom stereocenters. The van der Waals surface area contributed by atoms with E-state index in [1.807, 2.05) is 18.3 Å². The maximum atomic E-state index is 4.37. The fourth-order valence-corrected chi connectivity index (χ4v) is 1.47. The van der Waals surface area contributed by atoms with E-state index < -0.39 is 0 Å². The molecule has 76 valence electrons. The monoisotopic (exact) mass is 190 g/mol. The standard InChI is InChI=1S/C12H18N2/c1-4-6-11(13-5-2)12-9-10(3)7-8-14-12/h4,7-9,11,13H,1,5-6H2,2-3H3. The van der Waals surface area contributed by atoms with Crippen molar-refractivity contribution in [2.75, 3.05) is 6.54 Å². The van der Waals surface area contributed by atoms with Crippen LogP contribution in [0.2, 0.25) is 0 Å². The molecule has 0 aliphatic rings. The minimum Gasteiger partial charge on any atom is -0.309 e. The van der Waals surface area contributed by atoms with Crippen LogP contribution in [0.25, 0.3) is 0 Å². The molecule has 1 N–H and O–H groups in total. The van der Waals surface area contributed by atoms with Crippen LogP contribution in [0.3, 0.4) is 0 Å². The maximum Gasteiger partial charge on any atom is 0.0578 e. The third-order valence-electron chi connectivity index (χ3n) is 2.15. The third-order valence-corrected chi connectivity index (χ3v) is 2.15. The molecule has 14 heavy (non-hydrogen) atoms. The Balaban J connectivity index is 2.80. The summed E-state index contributed by atoms with van der Waals surface area (Å²) < 4.78 is 0. The number of hydrogen-bond donors (Lipinski definition) is 1. The summed E-state index contributed by atoms with van der Waals surface area (Å²) in [5, 5.41) is 3.39. The van der Waals surface area contributed by atoms with Crippen molar-refractivity contribution >= 4 is 0 Å². The van der Waals surface area contributed by atoms with Crippen LogP contribution < -0.4 is 5.32 Å². The molecule has 0 radical (unpaired) electrons. The minimum atomic E-state index is 0.303. The average molecular weight is 190 g/mol. The first-order chi connectivity index (χ1) is 6.77. The van der Waals surface area contributed by atoms with Gasteiger partial charge in [-0.15, -0.1) is 6.58 Å². The predicted molar refractivity (Wildman–Crippen MR) is 60.2 cm³/mol. The molecular formula is C12H18N2. The van der Waals surface area contributed by atoms with Crippen molar-refractivity contribution in [2.45, 2.75) is 26.3 Å². The van der Waals surface area contributed by atoms with Gasteiger partial charge in [0.1, 0.15) is 0 Å². The van der Waals surface area contributed by atoms with Crippen LogP contribution in [0.1, 0.15) is 30.6 Å². The van der Waals surface area contributed by atoms with Gasteiger partial charge in [-0.25, -0.2) is 0 Å². The molecule has 1 aromatic heterocycles. The quantitative estimate of drug-likeness (QED) is 0.722. The van der Waals surface area contributed by atoms with Gasteiger partial charge in [-0.3, -0.25) is 4.98 Å². The summed E-state index contributed by atoms with van der Waals surface area (Å²) in [4.78, 5) is 4.37. The molecule has 0 spiro atoms. The van der Waals surface area contributed by atoms with Gasteiger partial charge >= 0.3 is 0 Å². The smallest absolute Gasteiger partial charge is 0.0578 e. The summed E-state index contributed by atoms with van der Waals surface area (Å²) in [6.45, 7) is 8.90. The molecule has 0 saturated heterocycles. The number of hydrogen-bond acceptors (Lipinski definition) is 2. The van der Waals surface area contributed by atoms with E-state index in [1.54, 1.807) is 0 Å². The highest BCUT2D eigenvalue weighted by Crippen LogP contribution is 2.15. The lowest BCUT2D eigenvalue weighted by atomic mass is 10.1. The van der Waals surface area contributed by atoms with Crippen molar-refractivity contribution in [3.8, 4) is 0 Å². The van der Waals surface area contributed by atoms with Crippen molar-refractivity contribution < 1.29 is 0 Å².